The molecule has 12 aromatic rings. The molecule has 0 bridgehead atoms. The molecule has 1 aromatic carbocycles. The lowest BCUT2D eigenvalue weighted by molar-refractivity contribution is -0.135. The van der Waals surface area contributed by atoms with Crippen molar-refractivity contribution in [3.63, 3.8) is 0 Å². The molecular weight excluding hydrogens is 1920 g/mol. The SMILES string of the molecule is CC(C)(C)CC(=O)N1CCCN(c2cccc(C(=O)c3cccnc3N)n2)CC1.COCC(=O)N1CCCN(c2cccc(C(=O)c3cccnc3N)n2)CC1.Cc1ccsc1C(=O)N1CCCN(c2cccc(C(=O)c3cccnc3N)n2)CC1.Nc1ncccc1C(=O)c1cccc(N2CCCN(C(=O)C3CCC(=O)N3)CC2)n1.Nc1ncccc1C(=O)c1cccc(N2CCCN(C(=O)Cc3ccccc3Cl)CC2)n1. The van der Waals surface area contributed by atoms with Gasteiger partial charge in [-0.05, 0) is 201 Å². The summed E-state index contributed by atoms with van der Waals surface area (Å²) >= 11 is 7.70. The van der Waals surface area contributed by atoms with Gasteiger partial charge in [0.05, 0.1) is 39.1 Å². The number of aryl methyl sites for hydroxylation is 1. The summed E-state index contributed by atoms with van der Waals surface area (Å²) in [6, 6.07) is 52.5. The maximum atomic E-state index is 12.8. The fourth-order valence-electron chi connectivity index (χ4n) is 17.7. The molecule has 11 aromatic heterocycles. The zero-order valence-corrected chi connectivity index (χ0v) is 85.2. The highest BCUT2D eigenvalue weighted by molar-refractivity contribution is 7.12. The van der Waals surface area contributed by atoms with Gasteiger partial charge in [0.2, 0.25) is 58.5 Å². The number of hydrogen-bond acceptors (Lipinski definition) is 33. The Balaban J connectivity index is 0.000000146. The van der Waals surface area contributed by atoms with Crippen molar-refractivity contribution in [3.8, 4) is 0 Å². The summed E-state index contributed by atoms with van der Waals surface area (Å²) in [7, 11) is 1.52. The lowest BCUT2D eigenvalue weighted by atomic mass is 9.91. The summed E-state index contributed by atoms with van der Waals surface area (Å²) in [5.74, 6) is 3.50. The predicted octanol–water partition coefficient (Wildman–Crippen LogP) is 10.6. The molecule has 1 atom stereocenters. The Bertz CT molecular complexity index is 6750. The number of pyridine rings is 10. The van der Waals surface area contributed by atoms with Gasteiger partial charge in [0.1, 0.15) is 99.3 Å². The highest BCUT2D eigenvalue weighted by Crippen LogP contribution is 2.30. The lowest BCUT2D eigenvalue weighted by Gasteiger charge is -2.26. The summed E-state index contributed by atoms with van der Waals surface area (Å²) < 4.78 is 4.93. The minimum Gasteiger partial charge on any atom is -0.383 e. The number of anilines is 10. The number of nitrogens with one attached hydrogen (secondary N) is 1. The summed E-state index contributed by atoms with van der Waals surface area (Å²) in [6.45, 7) is 21.8. The van der Waals surface area contributed by atoms with E-state index in [4.69, 9.17) is 45.0 Å². The van der Waals surface area contributed by atoms with E-state index in [-0.39, 0.29) is 112 Å². The Labute approximate surface area is 867 Å². The third-order valence-electron chi connectivity index (χ3n) is 25.6. The number of hydrogen-bond donors (Lipinski definition) is 6. The van der Waals surface area contributed by atoms with Gasteiger partial charge < -0.3 is 87.7 Å². The number of thiophene rings is 1. The van der Waals surface area contributed by atoms with Crippen LogP contribution < -0.4 is 58.5 Å². The molecule has 6 saturated heterocycles. The number of methoxy groups -OCH3 is 1. The van der Waals surface area contributed by atoms with E-state index in [2.05, 4.69) is 100 Å². The molecule has 148 heavy (non-hydrogen) atoms. The molecule has 6 amide bonds. The number of nitrogens with two attached hydrogens (primary N) is 5. The minimum absolute atomic E-state index is 0.0108. The molecular formula is C108H123ClN26O12S. The normalized spacial score (nSPS) is 15.6. The molecule has 0 saturated carbocycles. The Morgan fingerprint density at radius 2 is 0.696 bits per heavy atom. The molecule has 38 nitrogen and oxygen atoms in total. The van der Waals surface area contributed by atoms with Crippen LogP contribution in [-0.2, 0) is 35.1 Å². The number of benzene rings is 1. The van der Waals surface area contributed by atoms with Crippen molar-refractivity contribution >= 4 is 145 Å². The van der Waals surface area contributed by atoms with Crippen molar-refractivity contribution in [2.45, 2.75) is 91.5 Å². The molecule has 770 valence electrons. The van der Waals surface area contributed by atoms with Crippen LogP contribution in [-0.4, -0.2) is 289 Å². The fourth-order valence-corrected chi connectivity index (χ4v) is 18.8. The maximum absolute atomic E-state index is 12.8. The summed E-state index contributed by atoms with van der Waals surface area (Å²) in [6.07, 6.45) is 13.7. The highest BCUT2D eigenvalue weighted by Gasteiger charge is 2.35. The molecule has 0 radical (unpaired) electrons. The number of aromatic nitrogens is 10. The van der Waals surface area contributed by atoms with Crippen LogP contribution >= 0.6 is 22.9 Å². The third-order valence-corrected chi connectivity index (χ3v) is 27.0. The first-order chi connectivity index (χ1) is 71.4. The van der Waals surface area contributed by atoms with Crippen LogP contribution in [0.15, 0.2) is 218 Å². The van der Waals surface area contributed by atoms with E-state index in [1.807, 2.05) is 105 Å². The molecule has 11 N–H and O–H groups in total. The van der Waals surface area contributed by atoms with Crippen molar-refractivity contribution < 1.29 is 57.5 Å². The van der Waals surface area contributed by atoms with E-state index in [9.17, 15) is 52.7 Å². The number of nitrogens with zero attached hydrogens (tertiary/aromatic N) is 20. The minimum atomic E-state index is -0.409. The van der Waals surface area contributed by atoms with Crippen molar-refractivity contribution in [3.05, 3.63) is 296 Å². The molecule has 40 heteroatoms. The number of carbonyl (C=O) groups is 11. The molecule has 1 unspecified atom stereocenters. The smallest absolute Gasteiger partial charge is 0.264 e. The molecule has 6 fully saturated rings. The zero-order chi connectivity index (χ0) is 105. The van der Waals surface area contributed by atoms with Crippen LogP contribution in [0.1, 0.15) is 173 Å². The Morgan fingerprint density at radius 3 is 1.01 bits per heavy atom. The van der Waals surface area contributed by atoms with E-state index in [0.29, 0.717) is 190 Å². The number of amides is 6. The molecule has 18 rings (SSSR count). The quantitative estimate of drug-likeness (QED) is 0.0343. The average Bonchev–Trinajstić information content (AvgIpc) is 1.21. The van der Waals surface area contributed by atoms with Gasteiger partial charge in [0, 0.05) is 187 Å². The maximum Gasteiger partial charge on any atom is 0.264 e. The van der Waals surface area contributed by atoms with Crippen molar-refractivity contribution in [2.75, 3.05) is 198 Å². The van der Waals surface area contributed by atoms with Crippen LogP contribution in [0.5, 0.6) is 0 Å². The first-order valence-corrected chi connectivity index (χ1v) is 50.5. The summed E-state index contributed by atoms with van der Waals surface area (Å²) in [5, 5.41) is 5.31. The fraction of sp³-hybridized carbons (Fsp3) is 0.343. The molecule has 6 aliphatic heterocycles. The number of nitrogen functional groups attached to an aromatic ring is 5. The first kappa shape index (κ1) is 108. The summed E-state index contributed by atoms with van der Waals surface area (Å²) in [4.78, 5) is 202. The van der Waals surface area contributed by atoms with Crippen LogP contribution in [0.2, 0.25) is 5.02 Å². The molecule has 0 spiro atoms. The molecule has 17 heterocycles. The number of halogens is 1. The van der Waals surface area contributed by atoms with Gasteiger partial charge in [-0.2, -0.15) is 0 Å². The van der Waals surface area contributed by atoms with Gasteiger partial charge in [0.25, 0.3) is 5.91 Å². The second-order valence-corrected chi connectivity index (χ2v) is 38.5. The van der Waals surface area contributed by atoms with Gasteiger partial charge in [-0.1, -0.05) is 80.9 Å². The van der Waals surface area contributed by atoms with E-state index in [1.54, 1.807) is 139 Å². The first-order valence-electron chi connectivity index (χ1n) is 49.3. The van der Waals surface area contributed by atoms with Crippen LogP contribution in [0.4, 0.5) is 58.2 Å². The van der Waals surface area contributed by atoms with E-state index < -0.39 is 6.04 Å². The predicted molar refractivity (Wildman–Crippen MR) is 569 cm³/mol. The Kier molecular flexibility index (Phi) is 37.5. The average molecular weight is 2040 g/mol. The van der Waals surface area contributed by atoms with Gasteiger partial charge >= 0.3 is 0 Å². The van der Waals surface area contributed by atoms with E-state index in [1.165, 1.54) is 24.6 Å². The second kappa shape index (κ2) is 51.6. The van der Waals surface area contributed by atoms with Crippen LogP contribution in [0.25, 0.3) is 0 Å². The van der Waals surface area contributed by atoms with Crippen molar-refractivity contribution in [1.29, 1.82) is 0 Å². The number of ether oxygens (including phenoxy) is 1. The third kappa shape index (κ3) is 28.7. The number of rotatable bonds is 22. The van der Waals surface area contributed by atoms with Crippen molar-refractivity contribution in [2.24, 2.45) is 5.41 Å². The summed E-state index contributed by atoms with van der Waals surface area (Å²) in [5.41, 5.74) is 34.3. The topological polar surface area (TPSA) is 500 Å². The van der Waals surface area contributed by atoms with Crippen molar-refractivity contribution in [1.82, 2.24) is 79.7 Å². The second-order valence-electron chi connectivity index (χ2n) is 37.2. The molecule has 6 aliphatic rings. The van der Waals surface area contributed by atoms with Gasteiger partial charge in [-0.3, -0.25) is 52.7 Å². The number of ketones is 5. The van der Waals surface area contributed by atoms with E-state index >= 15 is 0 Å². The van der Waals surface area contributed by atoms with Crippen LogP contribution in [0.3, 0.4) is 0 Å². The van der Waals surface area contributed by atoms with Gasteiger partial charge in [-0.25, -0.2) is 49.8 Å². The van der Waals surface area contributed by atoms with Gasteiger partial charge in [0.15, 0.2) is 0 Å². The molecule has 0 aliphatic carbocycles. The lowest BCUT2D eigenvalue weighted by Crippen LogP contribution is -2.45. The highest BCUT2D eigenvalue weighted by atomic mass is 35.5. The largest absolute Gasteiger partial charge is 0.383 e. The standard InChI is InChI=1S/C24H24ClN5O2.C22H23N5O2S.C22H29N5O2.C21H24N6O3.C19H23N5O3/c25-19-8-2-1-6-17(19)16-22(31)30-13-5-12-29(14-15-30)21-10-3-9-20(28-21)23(32)18-7-4-11-27-24(18)26;1-15-8-14-30-20(15)22(29)27-11-4-10-26(12-13-27)18-7-2-6-17(25-18)19(28)16-5-3-9-24-21(16)23;1-22(2,3)15-19(28)27-12-6-11-26(13-14-27)18-9-4-8-17(25-18)20(29)16-7-5-10-24-21(16)23;22-20-14(4-2-9-23-20)19(29)15-5-1-6-17(24-15)26-10-3-11-27(13-12-26)21(30)16-7-8-18(28)25-16;1-27-13-17(25)24-10-4-9-23(11-12-24)16-7-2-6-15(22-16)18(26)14-5-3-8-21-19(14)20/h1-4,6-11H,5,12-16H2,(H2,26,27);2-3,5-9,14H,4,10-13H2,1H3,(H2,23,24);4-5,7-10H,6,11-15H2,1-3H3,(H2,23,24);1-2,4-6,9,16H,3,7-8,10-13H2,(H2,22,23)(H,25,28);2-3,5-8H,4,9-13H2,1H3,(H2,20,21). The Morgan fingerprint density at radius 1 is 0.378 bits per heavy atom. The Hall–Kier alpha value is -16.2. The zero-order valence-electron chi connectivity index (χ0n) is 83.6. The monoisotopic (exact) mass is 2040 g/mol. The van der Waals surface area contributed by atoms with Gasteiger partial charge in [-0.15, -0.1) is 11.3 Å². The van der Waals surface area contributed by atoms with E-state index in [0.717, 1.165) is 99.0 Å². The van der Waals surface area contributed by atoms with Crippen LogP contribution in [0, 0.1) is 12.3 Å². The number of carbonyl (C=O) groups excluding carboxylic acids is 11.